The van der Waals surface area contributed by atoms with Crippen LogP contribution >= 0.6 is 0 Å². The van der Waals surface area contributed by atoms with Crippen molar-refractivity contribution < 1.29 is 0 Å². The summed E-state index contributed by atoms with van der Waals surface area (Å²) >= 11 is 0. The minimum Gasteiger partial charge on any atom is -0.314 e. The van der Waals surface area contributed by atoms with Crippen molar-refractivity contribution in [3.63, 3.8) is 0 Å². The number of rotatable bonds is 3. The van der Waals surface area contributed by atoms with Crippen LogP contribution in [0, 0.1) is 5.92 Å². The van der Waals surface area contributed by atoms with Gasteiger partial charge in [0.25, 0.3) is 0 Å². The van der Waals surface area contributed by atoms with E-state index in [1.165, 1.54) is 25.8 Å². The Morgan fingerprint density at radius 3 is 2.44 bits per heavy atom. The van der Waals surface area contributed by atoms with Crippen LogP contribution in [-0.2, 0) is 0 Å². The summed E-state index contributed by atoms with van der Waals surface area (Å²) in [6, 6.07) is 0.672. The average molecular weight is 127 g/mol. The minimum atomic E-state index is 0.672. The maximum Gasteiger partial charge on any atom is 0.00104 e. The molecule has 1 saturated carbocycles. The van der Waals surface area contributed by atoms with Gasteiger partial charge in [-0.15, -0.1) is 0 Å². The molecule has 0 atom stereocenters. The summed E-state index contributed by atoms with van der Waals surface area (Å²) in [5.74, 6) is 1.01. The highest BCUT2D eigenvalue weighted by atomic mass is 14.9. The van der Waals surface area contributed by atoms with E-state index in [4.69, 9.17) is 0 Å². The highest BCUT2D eigenvalue weighted by Crippen LogP contribution is 2.25. The average Bonchev–Trinajstić information content (AvgIpc) is 1.60. The molecule has 0 amide bonds. The molecule has 0 aromatic heterocycles. The van der Waals surface area contributed by atoms with Crippen molar-refractivity contribution in [2.24, 2.45) is 5.92 Å². The van der Waals surface area contributed by atoms with Gasteiger partial charge in [-0.25, -0.2) is 0 Å². The Bertz CT molecular complexity index is 74.6. The van der Waals surface area contributed by atoms with Crippen LogP contribution in [0.1, 0.15) is 33.1 Å². The summed E-state index contributed by atoms with van der Waals surface area (Å²) in [6.45, 7) is 5.66. The lowest BCUT2D eigenvalue weighted by molar-refractivity contribution is 0.294. The molecule has 1 N–H and O–H groups in total. The van der Waals surface area contributed by atoms with Crippen LogP contribution in [0.25, 0.3) is 0 Å². The van der Waals surface area contributed by atoms with Crippen molar-refractivity contribution in [1.82, 2.24) is 5.32 Å². The van der Waals surface area contributed by atoms with Crippen molar-refractivity contribution in [3.8, 4) is 0 Å². The molecular weight excluding hydrogens is 110 g/mol. The first-order valence-corrected chi connectivity index (χ1v) is 4.02. The van der Waals surface area contributed by atoms with E-state index in [0.717, 1.165) is 5.92 Å². The zero-order chi connectivity index (χ0) is 6.69. The van der Waals surface area contributed by atoms with Crippen LogP contribution in [0.4, 0.5) is 0 Å². The molecular formula is C8H17N. The first-order valence-electron chi connectivity index (χ1n) is 4.02. The van der Waals surface area contributed by atoms with Gasteiger partial charge in [0.1, 0.15) is 0 Å². The lowest BCUT2D eigenvalue weighted by Gasteiger charge is -2.26. The van der Waals surface area contributed by atoms with Gasteiger partial charge in [0.05, 0.1) is 0 Å². The molecule has 0 saturated heterocycles. The molecule has 0 heterocycles. The Balaban J connectivity index is 1.91. The van der Waals surface area contributed by atoms with E-state index in [1.54, 1.807) is 0 Å². The van der Waals surface area contributed by atoms with Crippen molar-refractivity contribution >= 4 is 0 Å². The van der Waals surface area contributed by atoms with Gasteiger partial charge in [-0.2, -0.15) is 0 Å². The molecule has 1 nitrogen and oxygen atoms in total. The summed E-state index contributed by atoms with van der Waals surface area (Å²) in [4.78, 5) is 0. The Kier molecular flexibility index (Phi) is 2.52. The van der Waals surface area contributed by atoms with Crippen LogP contribution in [0.15, 0.2) is 0 Å². The first-order chi connectivity index (χ1) is 4.29. The van der Waals surface area contributed by atoms with Gasteiger partial charge in [-0.3, -0.25) is 0 Å². The molecule has 0 spiro atoms. The van der Waals surface area contributed by atoms with Gasteiger partial charge in [0, 0.05) is 6.04 Å². The summed E-state index contributed by atoms with van der Waals surface area (Å²) < 4.78 is 0. The molecule has 0 unspecified atom stereocenters. The third-order valence-electron chi connectivity index (χ3n) is 2.04. The quantitative estimate of drug-likeness (QED) is 0.609. The van der Waals surface area contributed by atoms with E-state index >= 15 is 0 Å². The Morgan fingerprint density at radius 1 is 1.44 bits per heavy atom. The van der Waals surface area contributed by atoms with Crippen molar-refractivity contribution in [2.75, 3.05) is 6.54 Å². The molecule has 1 aliphatic rings. The number of nitrogens with one attached hydrogen (secondary N) is 1. The standard InChI is InChI=1S/C8H17N/c1-7(2)9-6-8-4-3-5-8/h7-9H,3-6H2,1-2H3. The first kappa shape index (κ1) is 7.07. The fourth-order valence-corrected chi connectivity index (χ4v) is 1.10. The second kappa shape index (κ2) is 3.21. The van der Waals surface area contributed by atoms with E-state index in [9.17, 15) is 0 Å². The highest BCUT2D eigenvalue weighted by Gasteiger charge is 2.16. The largest absolute Gasteiger partial charge is 0.314 e. The third-order valence-corrected chi connectivity index (χ3v) is 2.04. The smallest absolute Gasteiger partial charge is 0.00104 e. The maximum atomic E-state index is 3.45. The summed E-state index contributed by atoms with van der Waals surface area (Å²) in [5.41, 5.74) is 0. The molecule has 0 aliphatic heterocycles. The predicted octanol–water partition coefficient (Wildman–Crippen LogP) is 1.78. The second-order valence-electron chi connectivity index (χ2n) is 3.36. The molecule has 1 aliphatic carbocycles. The van der Waals surface area contributed by atoms with Crippen LogP contribution in [0.3, 0.4) is 0 Å². The van der Waals surface area contributed by atoms with Gasteiger partial charge in [0.15, 0.2) is 0 Å². The van der Waals surface area contributed by atoms with Crippen LogP contribution in [0.2, 0.25) is 0 Å². The molecule has 1 rings (SSSR count). The monoisotopic (exact) mass is 127 g/mol. The van der Waals surface area contributed by atoms with Crippen molar-refractivity contribution in [1.29, 1.82) is 0 Å². The Labute approximate surface area is 57.8 Å². The zero-order valence-corrected chi connectivity index (χ0v) is 6.48. The lowest BCUT2D eigenvalue weighted by Crippen LogP contribution is -2.31. The molecule has 0 bridgehead atoms. The van der Waals surface area contributed by atoms with Crippen LogP contribution < -0.4 is 5.32 Å². The van der Waals surface area contributed by atoms with Gasteiger partial charge in [0.2, 0.25) is 0 Å². The van der Waals surface area contributed by atoms with Crippen LogP contribution in [0.5, 0.6) is 0 Å². The lowest BCUT2D eigenvalue weighted by atomic mass is 9.85. The summed E-state index contributed by atoms with van der Waals surface area (Å²) in [6.07, 6.45) is 4.38. The molecule has 0 aromatic rings. The zero-order valence-electron chi connectivity index (χ0n) is 6.48. The van der Waals surface area contributed by atoms with Gasteiger partial charge in [-0.1, -0.05) is 20.3 Å². The second-order valence-corrected chi connectivity index (χ2v) is 3.36. The Hall–Kier alpha value is -0.0400. The molecule has 54 valence electrons. The van der Waals surface area contributed by atoms with E-state index in [-0.39, 0.29) is 0 Å². The number of hydrogen-bond donors (Lipinski definition) is 1. The molecule has 9 heavy (non-hydrogen) atoms. The molecule has 0 aromatic carbocycles. The Morgan fingerprint density at radius 2 is 2.11 bits per heavy atom. The van der Waals surface area contributed by atoms with E-state index in [2.05, 4.69) is 19.2 Å². The molecule has 1 heteroatoms. The highest BCUT2D eigenvalue weighted by molar-refractivity contribution is 4.72. The maximum absolute atomic E-state index is 3.45. The van der Waals surface area contributed by atoms with Crippen molar-refractivity contribution in [2.45, 2.75) is 39.2 Å². The van der Waals surface area contributed by atoms with E-state index in [0.29, 0.717) is 6.04 Å². The topological polar surface area (TPSA) is 12.0 Å². The van der Waals surface area contributed by atoms with E-state index < -0.39 is 0 Å². The third kappa shape index (κ3) is 2.35. The van der Waals surface area contributed by atoms with Gasteiger partial charge >= 0.3 is 0 Å². The summed E-state index contributed by atoms with van der Waals surface area (Å²) in [5, 5.41) is 3.45. The normalized spacial score (nSPS) is 20.3. The van der Waals surface area contributed by atoms with E-state index in [1.807, 2.05) is 0 Å². The fourth-order valence-electron chi connectivity index (χ4n) is 1.10. The molecule has 1 fully saturated rings. The SMILES string of the molecule is CC(C)NCC1CCC1. The van der Waals surface area contributed by atoms with Crippen molar-refractivity contribution in [3.05, 3.63) is 0 Å². The number of hydrogen-bond acceptors (Lipinski definition) is 1. The minimum absolute atomic E-state index is 0.672. The van der Waals surface area contributed by atoms with Crippen LogP contribution in [-0.4, -0.2) is 12.6 Å². The fraction of sp³-hybridized carbons (Fsp3) is 1.00. The predicted molar refractivity (Wildman–Crippen MR) is 40.5 cm³/mol. The molecule has 0 radical (unpaired) electrons. The van der Waals surface area contributed by atoms with Gasteiger partial charge in [-0.05, 0) is 25.3 Å². The summed E-state index contributed by atoms with van der Waals surface area (Å²) in [7, 11) is 0. The van der Waals surface area contributed by atoms with Gasteiger partial charge < -0.3 is 5.32 Å².